The van der Waals surface area contributed by atoms with E-state index in [1.165, 1.54) is 0 Å². The van der Waals surface area contributed by atoms with E-state index in [4.69, 9.17) is 0 Å². The lowest BCUT2D eigenvalue weighted by atomic mass is 10.3. The van der Waals surface area contributed by atoms with Gasteiger partial charge in [0.05, 0.1) is 7.99 Å². The van der Waals surface area contributed by atoms with Crippen molar-refractivity contribution >= 4 is 25.1 Å². The minimum Gasteiger partial charge on any atom is -0.328 e. The van der Waals surface area contributed by atoms with Gasteiger partial charge in [0.1, 0.15) is 0 Å². The van der Waals surface area contributed by atoms with Gasteiger partial charge in [-0.3, -0.25) is 0 Å². The Morgan fingerprint density at radius 2 is 1.40 bits per heavy atom. The predicted octanol–water partition coefficient (Wildman–Crippen LogP) is -0.911. The number of nitrogens with zero attached hydrogens (tertiary/aromatic N) is 1. The van der Waals surface area contributed by atoms with Crippen LogP contribution in [0, 0.1) is 0 Å². The van der Waals surface area contributed by atoms with E-state index in [0.717, 1.165) is 12.1 Å². The van der Waals surface area contributed by atoms with Crippen LogP contribution in [-0.4, -0.2) is 41.8 Å². The largest absolute Gasteiger partial charge is 0.328 e. The van der Waals surface area contributed by atoms with Crippen LogP contribution in [0.1, 0.15) is 27.7 Å². The van der Waals surface area contributed by atoms with Crippen molar-refractivity contribution in [2.75, 3.05) is 0 Å². The van der Waals surface area contributed by atoms with Crippen LogP contribution in [-0.2, 0) is 0 Å². The molecule has 0 amide bonds. The summed E-state index contributed by atoms with van der Waals surface area (Å²) >= 11 is 0. The molecule has 0 aromatic rings. The third kappa shape index (κ3) is 2.05. The van der Waals surface area contributed by atoms with Crippen LogP contribution in [0.2, 0.25) is 0 Å². The highest BCUT2D eigenvalue weighted by molar-refractivity contribution is 7.82. The summed E-state index contributed by atoms with van der Waals surface area (Å²) in [5.74, 6) is 0. The van der Waals surface area contributed by atoms with Crippen LogP contribution in [0.25, 0.3) is 0 Å². The Kier molecular flexibility index (Phi) is 2.91. The zero-order valence-corrected chi connectivity index (χ0v) is 11.6. The highest BCUT2D eigenvalue weighted by Gasteiger charge is 2.34. The Balaban J connectivity index is 2.41. The SMILES string of the molecule is CC(C)N(C(C)C)[SiH]1[SiH2][SiH2]1. The van der Waals surface area contributed by atoms with Gasteiger partial charge in [-0.2, -0.15) is 0 Å². The summed E-state index contributed by atoms with van der Waals surface area (Å²) in [5.41, 5.74) is 0. The van der Waals surface area contributed by atoms with Gasteiger partial charge in [-0.05, 0) is 12.1 Å². The first-order valence-corrected chi connectivity index (χ1v) is 15.4. The van der Waals surface area contributed by atoms with E-state index in [1.807, 2.05) is 0 Å². The number of rotatable bonds is 3. The molecule has 0 atom stereocenters. The first-order valence-electron chi connectivity index (χ1n) is 4.40. The molecule has 1 saturated heterocycles. The second-order valence-electron chi connectivity index (χ2n) is 3.87. The first-order chi connectivity index (χ1) is 4.63. The second kappa shape index (κ2) is 3.34. The molecular weight excluding hydrogens is 170 g/mol. The Labute approximate surface area is 69.9 Å². The maximum Gasteiger partial charge on any atom is 0.0745 e. The zero-order chi connectivity index (χ0) is 7.72. The topological polar surface area (TPSA) is 3.24 Å². The van der Waals surface area contributed by atoms with Crippen molar-refractivity contribution in [3.8, 4) is 0 Å². The summed E-state index contributed by atoms with van der Waals surface area (Å²) in [5, 5.41) is 0. The fourth-order valence-electron chi connectivity index (χ4n) is 1.81. The Hall–Kier alpha value is 0.611. The van der Waals surface area contributed by atoms with Crippen LogP contribution >= 0.6 is 0 Å². The lowest BCUT2D eigenvalue weighted by Gasteiger charge is -2.30. The van der Waals surface area contributed by atoms with Crippen molar-refractivity contribution in [2.24, 2.45) is 0 Å². The van der Waals surface area contributed by atoms with E-state index in [9.17, 15) is 0 Å². The minimum atomic E-state index is -0.0401. The molecule has 1 heterocycles. The molecule has 0 spiro atoms. The molecule has 0 saturated carbocycles. The smallest absolute Gasteiger partial charge is 0.0745 e. The molecule has 0 aromatic heterocycles. The minimum absolute atomic E-state index is 0.0401. The van der Waals surface area contributed by atoms with Crippen LogP contribution in [0.15, 0.2) is 0 Å². The van der Waals surface area contributed by atoms with Crippen molar-refractivity contribution in [2.45, 2.75) is 39.8 Å². The quantitative estimate of drug-likeness (QED) is 0.520. The van der Waals surface area contributed by atoms with Gasteiger partial charge in [0, 0.05) is 17.1 Å². The molecule has 1 aliphatic rings. The maximum atomic E-state index is 2.87. The fourth-order valence-corrected chi connectivity index (χ4v) is 22.3. The summed E-state index contributed by atoms with van der Waals surface area (Å²) < 4.78 is 2.87. The van der Waals surface area contributed by atoms with Gasteiger partial charge in [0.2, 0.25) is 0 Å². The average molecular weight is 189 g/mol. The van der Waals surface area contributed by atoms with E-state index in [-0.39, 0.29) is 7.99 Å². The van der Waals surface area contributed by atoms with Crippen LogP contribution < -0.4 is 0 Å². The molecule has 60 valence electrons. The van der Waals surface area contributed by atoms with Gasteiger partial charge in [-0.1, -0.05) is 27.7 Å². The summed E-state index contributed by atoms with van der Waals surface area (Å²) in [4.78, 5) is 0. The fraction of sp³-hybridized carbons (Fsp3) is 1.00. The van der Waals surface area contributed by atoms with Crippen molar-refractivity contribution in [3.63, 3.8) is 0 Å². The van der Waals surface area contributed by atoms with Gasteiger partial charge in [0.25, 0.3) is 0 Å². The normalized spacial score (nSPS) is 29.7. The molecule has 0 bridgehead atoms. The summed E-state index contributed by atoms with van der Waals surface area (Å²) in [7, 11) is 1.26. The van der Waals surface area contributed by atoms with Crippen molar-refractivity contribution in [3.05, 3.63) is 0 Å². The van der Waals surface area contributed by atoms with Crippen LogP contribution in [0.3, 0.4) is 0 Å². The first kappa shape index (κ1) is 8.70. The van der Waals surface area contributed by atoms with Gasteiger partial charge < -0.3 is 4.57 Å². The van der Waals surface area contributed by atoms with Gasteiger partial charge >= 0.3 is 0 Å². The Morgan fingerprint density at radius 3 is 1.50 bits per heavy atom. The molecule has 0 aromatic carbocycles. The number of hydrogen-bond donors (Lipinski definition) is 0. The van der Waals surface area contributed by atoms with Crippen molar-refractivity contribution in [1.29, 1.82) is 0 Å². The molecule has 4 heteroatoms. The molecule has 1 aliphatic heterocycles. The molecule has 0 aliphatic carbocycles. The number of hydrogen-bond acceptors (Lipinski definition) is 1. The van der Waals surface area contributed by atoms with Gasteiger partial charge in [0.15, 0.2) is 0 Å². The predicted molar refractivity (Wildman–Crippen MR) is 56.3 cm³/mol. The van der Waals surface area contributed by atoms with E-state index < -0.39 is 0 Å². The summed E-state index contributed by atoms with van der Waals surface area (Å²) in [6.07, 6.45) is 0. The van der Waals surface area contributed by atoms with Gasteiger partial charge in [-0.15, -0.1) is 0 Å². The van der Waals surface area contributed by atoms with Crippen LogP contribution in [0.5, 0.6) is 0 Å². The molecule has 1 nitrogen and oxygen atoms in total. The Bertz CT molecular complexity index is 101. The molecule has 1 fully saturated rings. The Morgan fingerprint density at radius 1 is 1.00 bits per heavy atom. The summed E-state index contributed by atoms with van der Waals surface area (Å²) in [6.45, 7) is 9.48. The lowest BCUT2D eigenvalue weighted by Crippen LogP contribution is -2.42. The van der Waals surface area contributed by atoms with Crippen LogP contribution in [0.4, 0.5) is 0 Å². The maximum absolute atomic E-state index is 2.87. The van der Waals surface area contributed by atoms with E-state index in [2.05, 4.69) is 32.3 Å². The monoisotopic (exact) mass is 189 g/mol. The molecule has 10 heavy (non-hydrogen) atoms. The second-order valence-corrected chi connectivity index (χ2v) is 29.9. The summed E-state index contributed by atoms with van der Waals surface area (Å²) in [6, 6.07) is 1.72. The highest BCUT2D eigenvalue weighted by atomic mass is 30.1. The molecular formula is C6H19NSi3. The molecule has 0 unspecified atom stereocenters. The standard InChI is InChI=1S/C6H19NSi3/c1-5(2)7(6(3)4)10-8-9-10/h5-6,10H,8-9H2,1-4H3. The average Bonchev–Trinajstić information content (AvgIpc) is 2.46. The lowest BCUT2D eigenvalue weighted by molar-refractivity contribution is 0.315. The van der Waals surface area contributed by atoms with Crippen molar-refractivity contribution in [1.82, 2.24) is 4.57 Å². The van der Waals surface area contributed by atoms with E-state index in [1.54, 1.807) is 0 Å². The van der Waals surface area contributed by atoms with Gasteiger partial charge in [-0.25, -0.2) is 0 Å². The third-order valence-corrected chi connectivity index (χ3v) is 20.9. The highest BCUT2D eigenvalue weighted by Crippen LogP contribution is 2.11. The molecule has 0 N–H and O–H groups in total. The molecule has 0 radical (unpaired) electrons. The van der Waals surface area contributed by atoms with Crippen molar-refractivity contribution < 1.29 is 0 Å². The molecule has 1 rings (SSSR count). The van der Waals surface area contributed by atoms with E-state index in [0.29, 0.717) is 17.1 Å². The van der Waals surface area contributed by atoms with E-state index >= 15 is 0 Å². The third-order valence-electron chi connectivity index (χ3n) is 2.16. The zero-order valence-electron chi connectivity index (χ0n) is 7.59.